The van der Waals surface area contributed by atoms with Gasteiger partial charge in [-0.1, -0.05) is 264 Å². The van der Waals surface area contributed by atoms with Crippen LogP contribution in [0.1, 0.15) is 265 Å². The molecule has 0 bridgehead atoms. The van der Waals surface area contributed by atoms with E-state index in [9.17, 15) is 14.4 Å². The summed E-state index contributed by atoms with van der Waals surface area (Å²) in [5, 5.41) is 0. The molecule has 0 rings (SSSR count). The molecule has 0 spiro atoms. The molecule has 0 fully saturated rings. The third kappa shape index (κ3) is 60.3. The first-order valence-electron chi connectivity index (χ1n) is 30.7. The van der Waals surface area contributed by atoms with Crippen molar-refractivity contribution < 1.29 is 28.6 Å². The maximum absolute atomic E-state index is 12.9. The van der Waals surface area contributed by atoms with Crippen LogP contribution < -0.4 is 0 Å². The van der Waals surface area contributed by atoms with Crippen LogP contribution in [0.4, 0.5) is 0 Å². The molecule has 0 aliphatic rings. The highest BCUT2D eigenvalue weighted by Crippen LogP contribution is 2.15. The first-order chi connectivity index (χ1) is 37.0. The lowest BCUT2D eigenvalue weighted by molar-refractivity contribution is -0.167. The van der Waals surface area contributed by atoms with Crippen LogP contribution in [0.5, 0.6) is 0 Å². The standard InChI is InChI=1S/C69H112O6/c1-4-7-10-13-16-19-22-25-28-30-31-32-33-34-35-36-37-39-41-44-47-50-53-56-59-62-68(71)74-65-66(64-73-67(70)61-58-55-52-49-46-43-40-27-24-21-18-15-12-9-6-3)75-69(72)63-60-57-54-51-48-45-42-38-29-26-23-20-17-14-11-8-5-2/h7-8,10-11,16-17,19-20,25-26,28-29,31-32,34-35,37,39,42,44-45,47,66H,4-6,9,12-15,18,21-24,27,30,33,36,38,40-41,43,46,48-65H2,1-3H3/b10-7-,11-8-,19-16-,20-17-,28-25-,29-26-,32-31-,35-34-,39-37-,45-42-,47-44-. The van der Waals surface area contributed by atoms with Crippen molar-refractivity contribution in [1.82, 2.24) is 0 Å². The zero-order chi connectivity index (χ0) is 54.3. The van der Waals surface area contributed by atoms with E-state index in [1.54, 1.807) is 0 Å². The lowest BCUT2D eigenvalue weighted by Gasteiger charge is -2.18. The van der Waals surface area contributed by atoms with E-state index in [1.807, 2.05) is 0 Å². The van der Waals surface area contributed by atoms with Crippen LogP contribution in [0, 0.1) is 0 Å². The summed E-state index contributed by atoms with van der Waals surface area (Å²) in [5.74, 6) is -0.958. The molecular formula is C69H112O6. The molecule has 0 amide bonds. The molecule has 0 aromatic heterocycles. The van der Waals surface area contributed by atoms with E-state index in [2.05, 4.69) is 154 Å². The Morgan fingerprint density at radius 1 is 0.280 bits per heavy atom. The molecule has 1 unspecified atom stereocenters. The molecule has 1 atom stereocenters. The van der Waals surface area contributed by atoms with Gasteiger partial charge in [0.05, 0.1) is 0 Å². The minimum absolute atomic E-state index is 0.101. The third-order valence-electron chi connectivity index (χ3n) is 12.7. The summed E-state index contributed by atoms with van der Waals surface area (Å²) in [6.07, 6.45) is 87.3. The van der Waals surface area contributed by atoms with Gasteiger partial charge in [-0.3, -0.25) is 14.4 Å². The van der Waals surface area contributed by atoms with E-state index < -0.39 is 6.10 Å². The van der Waals surface area contributed by atoms with E-state index in [0.29, 0.717) is 12.8 Å². The number of carbonyl (C=O) groups is 3. The molecule has 6 heteroatoms. The van der Waals surface area contributed by atoms with Gasteiger partial charge in [0, 0.05) is 19.3 Å². The van der Waals surface area contributed by atoms with E-state index in [-0.39, 0.29) is 37.5 Å². The van der Waals surface area contributed by atoms with Gasteiger partial charge >= 0.3 is 17.9 Å². The van der Waals surface area contributed by atoms with Gasteiger partial charge in [0.2, 0.25) is 0 Å². The molecule has 0 aliphatic carbocycles. The van der Waals surface area contributed by atoms with Crippen molar-refractivity contribution in [3.8, 4) is 0 Å². The van der Waals surface area contributed by atoms with Crippen molar-refractivity contribution in [3.05, 3.63) is 134 Å². The van der Waals surface area contributed by atoms with Gasteiger partial charge in [-0.25, -0.2) is 0 Å². The van der Waals surface area contributed by atoms with Crippen molar-refractivity contribution in [1.29, 1.82) is 0 Å². The number of hydrogen-bond donors (Lipinski definition) is 0. The number of ether oxygens (including phenoxy) is 3. The highest BCUT2D eigenvalue weighted by atomic mass is 16.6. The first kappa shape index (κ1) is 70.5. The van der Waals surface area contributed by atoms with Crippen LogP contribution in [0.3, 0.4) is 0 Å². The average Bonchev–Trinajstić information content (AvgIpc) is 3.41. The van der Waals surface area contributed by atoms with Gasteiger partial charge in [-0.15, -0.1) is 0 Å². The normalized spacial score (nSPS) is 13.1. The molecule has 0 saturated heterocycles. The second-order valence-corrected chi connectivity index (χ2v) is 19.9. The second-order valence-electron chi connectivity index (χ2n) is 19.9. The number of rotatable bonds is 54. The minimum Gasteiger partial charge on any atom is -0.462 e. The predicted molar refractivity (Wildman–Crippen MR) is 325 cm³/mol. The van der Waals surface area contributed by atoms with Gasteiger partial charge in [0.25, 0.3) is 0 Å². The highest BCUT2D eigenvalue weighted by molar-refractivity contribution is 5.71. The van der Waals surface area contributed by atoms with E-state index in [1.165, 1.54) is 77.0 Å². The SMILES string of the molecule is CC/C=C\C/C=C\C/C=C\C/C=C\C/C=C\C/C=C\C/C=C\CCCCCC(=O)OCC(COC(=O)CCCCCCCCCCCCCCCCC)OC(=O)CCCCCC/C=C\C/C=C\C/C=C\C/C=C\CC. The van der Waals surface area contributed by atoms with Crippen LogP contribution in [-0.4, -0.2) is 37.2 Å². The van der Waals surface area contributed by atoms with E-state index >= 15 is 0 Å². The summed E-state index contributed by atoms with van der Waals surface area (Å²) < 4.78 is 16.9. The number of carbonyl (C=O) groups excluding carboxylic acids is 3. The number of hydrogen-bond acceptors (Lipinski definition) is 6. The molecule has 0 radical (unpaired) electrons. The Balaban J connectivity index is 4.48. The molecule has 75 heavy (non-hydrogen) atoms. The minimum atomic E-state index is -0.809. The zero-order valence-electron chi connectivity index (χ0n) is 48.5. The maximum Gasteiger partial charge on any atom is 0.306 e. The number of unbranched alkanes of at least 4 members (excludes halogenated alkanes) is 21. The summed E-state index contributed by atoms with van der Waals surface area (Å²) in [7, 11) is 0. The zero-order valence-corrected chi connectivity index (χ0v) is 48.5. The Labute approximate surface area is 462 Å². The van der Waals surface area contributed by atoms with Gasteiger partial charge in [-0.05, 0) is 116 Å². The summed E-state index contributed by atoms with van der Waals surface area (Å²) in [5.41, 5.74) is 0. The molecule has 0 aliphatic heterocycles. The predicted octanol–water partition coefficient (Wildman–Crippen LogP) is 21.0. The van der Waals surface area contributed by atoms with Crippen molar-refractivity contribution in [2.75, 3.05) is 13.2 Å². The molecule has 6 nitrogen and oxygen atoms in total. The molecular weight excluding hydrogens is 925 g/mol. The Hall–Kier alpha value is -4.45. The highest BCUT2D eigenvalue weighted by Gasteiger charge is 2.19. The molecule has 0 saturated carbocycles. The molecule has 0 aromatic carbocycles. The van der Waals surface area contributed by atoms with E-state index in [0.717, 1.165) is 148 Å². The van der Waals surface area contributed by atoms with Crippen LogP contribution in [0.15, 0.2) is 134 Å². The molecule has 0 N–H and O–H groups in total. The number of esters is 3. The van der Waals surface area contributed by atoms with Gasteiger partial charge < -0.3 is 14.2 Å². The Morgan fingerprint density at radius 2 is 0.520 bits per heavy atom. The summed E-state index contributed by atoms with van der Waals surface area (Å²) in [4.78, 5) is 38.3. The van der Waals surface area contributed by atoms with Crippen LogP contribution >= 0.6 is 0 Å². The third-order valence-corrected chi connectivity index (χ3v) is 12.7. The molecule has 0 heterocycles. The quantitative estimate of drug-likeness (QED) is 0.0261. The monoisotopic (exact) mass is 1040 g/mol. The molecule has 0 aromatic rings. The average molecular weight is 1040 g/mol. The second kappa shape index (κ2) is 62.1. The largest absolute Gasteiger partial charge is 0.462 e. The van der Waals surface area contributed by atoms with Crippen molar-refractivity contribution in [2.45, 2.75) is 271 Å². The van der Waals surface area contributed by atoms with Crippen molar-refractivity contribution in [2.24, 2.45) is 0 Å². The lowest BCUT2D eigenvalue weighted by atomic mass is 10.0. The lowest BCUT2D eigenvalue weighted by Crippen LogP contribution is -2.30. The summed E-state index contributed by atoms with van der Waals surface area (Å²) in [6, 6.07) is 0. The van der Waals surface area contributed by atoms with Crippen LogP contribution in [-0.2, 0) is 28.6 Å². The Kier molecular flexibility index (Phi) is 58.4. The topological polar surface area (TPSA) is 78.9 Å². The molecule has 424 valence electrons. The fourth-order valence-corrected chi connectivity index (χ4v) is 8.12. The Morgan fingerprint density at radius 3 is 0.827 bits per heavy atom. The summed E-state index contributed by atoms with van der Waals surface area (Å²) in [6.45, 7) is 6.37. The van der Waals surface area contributed by atoms with Gasteiger partial charge in [-0.2, -0.15) is 0 Å². The van der Waals surface area contributed by atoms with Crippen LogP contribution in [0.25, 0.3) is 0 Å². The smallest absolute Gasteiger partial charge is 0.306 e. The van der Waals surface area contributed by atoms with Crippen molar-refractivity contribution >= 4 is 17.9 Å². The fraction of sp³-hybridized carbons (Fsp3) is 0.638. The number of allylic oxidation sites excluding steroid dienone is 22. The van der Waals surface area contributed by atoms with E-state index in [4.69, 9.17) is 14.2 Å². The van der Waals surface area contributed by atoms with Gasteiger partial charge in [0.15, 0.2) is 6.10 Å². The summed E-state index contributed by atoms with van der Waals surface area (Å²) >= 11 is 0. The fourth-order valence-electron chi connectivity index (χ4n) is 8.12. The van der Waals surface area contributed by atoms with Crippen molar-refractivity contribution in [3.63, 3.8) is 0 Å². The van der Waals surface area contributed by atoms with Crippen LogP contribution in [0.2, 0.25) is 0 Å². The maximum atomic E-state index is 12.9. The van der Waals surface area contributed by atoms with Gasteiger partial charge in [0.1, 0.15) is 13.2 Å². The first-order valence-corrected chi connectivity index (χ1v) is 30.7. The Bertz CT molecular complexity index is 1620.